The maximum atomic E-state index is 12.7. The molecule has 0 radical (unpaired) electrons. The molecule has 32 heavy (non-hydrogen) atoms. The van der Waals surface area contributed by atoms with Crippen LogP contribution in [0.25, 0.3) is 6.08 Å². The maximum Gasteiger partial charge on any atom is 0.307 e. The molecule has 5 rings (SSSR count). The maximum absolute atomic E-state index is 12.7. The zero-order valence-electron chi connectivity index (χ0n) is 16.6. The number of nitro groups is 1. The Bertz CT molecular complexity index is 1370. The summed E-state index contributed by atoms with van der Waals surface area (Å²) in [5.74, 6) is 0.943. The van der Waals surface area contributed by atoms with Gasteiger partial charge >= 0.3 is 5.69 Å². The van der Waals surface area contributed by atoms with Gasteiger partial charge in [-0.3, -0.25) is 19.6 Å². The van der Waals surface area contributed by atoms with Crippen molar-refractivity contribution in [1.82, 2.24) is 9.78 Å². The molecule has 0 amide bonds. The van der Waals surface area contributed by atoms with Crippen molar-refractivity contribution in [3.63, 3.8) is 0 Å². The number of hydrogen-bond acceptors (Lipinski definition) is 7. The molecule has 2 aromatic heterocycles. The second-order valence-electron chi connectivity index (χ2n) is 7.09. The minimum absolute atomic E-state index is 0.0799. The van der Waals surface area contributed by atoms with Crippen LogP contribution in [0.1, 0.15) is 21.9 Å². The molecule has 0 saturated carbocycles. The van der Waals surface area contributed by atoms with E-state index in [1.54, 1.807) is 30.0 Å². The van der Waals surface area contributed by atoms with E-state index in [1.165, 1.54) is 23.2 Å². The third-order valence-electron chi connectivity index (χ3n) is 4.87. The van der Waals surface area contributed by atoms with E-state index in [1.807, 2.05) is 36.4 Å². The van der Waals surface area contributed by atoms with Crippen LogP contribution in [-0.2, 0) is 6.54 Å². The van der Waals surface area contributed by atoms with Gasteiger partial charge in [0.05, 0.1) is 22.8 Å². The van der Waals surface area contributed by atoms with Gasteiger partial charge in [-0.05, 0) is 54.6 Å². The van der Waals surface area contributed by atoms with Gasteiger partial charge in [0, 0.05) is 15.4 Å². The molecule has 9 heteroatoms. The first-order valence-electron chi connectivity index (χ1n) is 9.71. The van der Waals surface area contributed by atoms with Crippen molar-refractivity contribution in [2.24, 2.45) is 0 Å². The molecular formula is C23H16N4O4S. The minimum Gasteiger partial charge on any atom is -0.460 e. The summed E-state index contributed by atoms with van der Waals surface area (Å²) in [6, 6.07) is 17.1. The fourth-order valence-electron chi connectivity index (χ4n) is 3.31. The predicted octanol–water partition coefficient (Wildman–Crippen LogP) is 5.54. The Morgan fingerprint density at radius 2 is 2.00 bits per heavy atom. The fraction of sp³-hybridized carbons (Fsp3) is 0.0435. The normalized spacial score (nSPS) is 12.2. The van der Waals surface area contributed by atoms with Crippen LogP contribution >= 0.6 is 11.8 Å². The van der Waals surface area contributed by atoms with E-state index >= 15 is 0 Å². The van der Waals surface area contributed by atoms with Crippen LogP contribution in [0.15, 0.2) is 87.3 Å². The SMILES string of the molecule is O=C(/C=C/c1ccc(Cn2cc([N+](=O)[O-])cn2)o1)c1ccc2c(c1)Nc1ccccc1S2. The molecule has 8 nitrogen and oxygen atoms in total. The van der Waals surface area contributed by atoms with Crippen molar-refractivity contribution in [2.45, 2.75) is 16.3 Å². The van der Waals surface area contributed by atoms with Crippen molar-refractivity contribution in [3.8, 4) is 0 Å². The van der Waals surface area contributed by atoms with E-state index in [-0.39, 0.29) is 18.0 Å². The van der Waals surface area contributed by atoms with Crippen molar-refractivity contribution < 1.29 is 14.1 Å². The number of fused-ring (bicyclic) bond motifs is 2. The summed E-state index contributed by atoms with van der Waals surface area (Å²) in [6.45, 7) is 0.255. The number of anilines is 2. The Morgan fingerprint density at radius 1 is 1.16 bits per heavy atom. The van der Waals surface area contributed by atoms with Crippen LogP contribution in [0, 0.1) is 10.1 Å². The Labute approximate surface area is 186 Å². The van der Waals surface area contributed by atoms with Crippen LogP contribution in [0.4, 0.5) is 17.1 Å². The van der Waals surface area contributed by atoms with Gasteiger partial charge in [-0.1, -0.05) is 23.9 Å². The minimum atomic E-state index is -0.501. The van der Waals surface area contributed by atoms with E-state index in [9.17, 15) is 14.9 Å². The van der Waals surface area contributed by atoms with Gasteiger partial charge in [0.25, 0.3) is 0 Å². The van der Waals surface area contributed by atoms with Crippen LogP contribution in [-0.4, -0.2) is 20.5 Å². The summed E-state index contributed by atoms with van der Waals surface area (Å²) < 4.78 is 7.11. The van der Waals surface area contributed by atoms with E-state index in [2.05, 4.69) is 16.5 Å². The van der Waals surface area contributed by atoms with Crippen LogP contribution in [0.2, 0.25) is 0 Å². The molecule has 0 fully saturated rings. The monoisotopic (exact) mass is 444 g/mol. The van der Waals surface area contributed by atoms with Gasteiger partial charge in [0.15, 0.2) is 5.78 Å². The third kappa shape index (κ3) is 4.06. The molecule has 0 aliphatic carbocycles. The molecule has 1 N–H and O–H groups in total. The van der Waals surface area contributed by atoms with Crippen molar-refractivity contribution in [2.75, 3.05) is 5.32 Å². The predicted molar refractivity (Wildman–Crippen MR) is 120 cm³/mol. The van der Waals surface area contributed by atoms with Crippen molar-refractivity contribution in [1.29, 1.82) is 0 Å². The van der Waals surface area contributed by atoms with Crippen molar-refractivity contribution >= 4 is 40.7 Å². The molecule has 4 aromatic rings. The number of nitrogens with zero attached hydrogens (tertiary/aromatic N) is 3. The Kier molecular flexibility index (Phi) is 5.08. The van der Waals surface area contributed by atoms with Crippen LogP contribution in [0.5, 0.6) is 0 Å². The lowest BCUT2D eigenvalue weighted by atomic mass is 10.1. The number of carbonyl (C=O) groups is 1. The number of rotatable bonds is 6. The second-order valence-corrected chi connectivity index (χ2v) is 8.17. The van der Waals surface area contributed by atoms with Crippen molar-refractivity contribution in [3.05, 3.63) is 100 Å². The summed E-state index contributed by atoms with van der Waals surface area (Å²) >= 11 is 1.67. The summed E-state index contributed by atoms with van der Waals surface area (Å²) in [5.41, 5.74) is 2.42. The molecule has 1 aliphatic rings. The second kappa shape index (κ2) is 8.20. The largest absolute Gasteiger partial charge is 0.460 e. The van der Waals surface area contributed by atoms with E-state index in [0.717, 1.165) is 21.2 Å². The molecule has 0 atom stereocenters. The number of para-hydroxylation sites is 1. The lowest BCUT2D eigenvalue weighted by Gasteiger charge is -2.20. The average Bonchev–Trinajstić information content (AvgIpc) is 3.45. The third-order valence-corrected chi connectivity index (χ3v) is 6.02. The number of benzene rings is 2. The molecular weight excluding hydrogens is 428 g/mol. The Hall–Kier alpha value is -4.11. The highest BCUT2D eigenvalue weighted by atomic mass is 32.2. The molecule has 1 aliphatic heterocycles. The van der Waals surface area contributed by atoms with E-state index in [4.69, 9.17) is 4.42 Å². The molecule has 0 saturated heterocycles. The van der Waals surface area contributed by atoms with Gasteiger partial charge in [-0.15, -0.1) is 0 Å². The smallest absolute Gasteiger partial charge is 0.307 e. The number of nitrogens with one attached hydrogen (secondary N) is 1. The fourth-order valence-corrected chi connectivity index (χ4v) is 4.28. The lowest BCUT2D eigenvalue weighted by molar-refractivity contribution is -0.385. The molecule has 158 valence electrons. The van der Waals surface area contributed by atoms with Gasteiger partial charge < -0.3 is 9.73 Å². The number of carbonyl (C=O) groups excluding carboxylic acids is 1. The summed E-state index contributed by atoms with van der Waals surface area (Å²) in [4.78, 5) is 25.1. The molecule has 0 unspecified atom stereocenters. The van der Waals surface area contributed by atoms with E-state index < -0.39 is 4.92 Å². The number of allylic oxidation sites excluding steroid dienone is 1. The van der Waals surface area contributed by atoms with Gasteiger partial charge in [-0.2, -0.15) is 5.10 Å². The number of aromatic nitrogens is 2. The zero-order valence-corrected chi connectivity index (χ0v) is 17.4. The highest BCUT2D eigenvalue weighted by Gasteiger charge is 2.16. The average molecular weight is 444 g/mol. The lowest BCUT2D eigenvalue weighted by Crippen LogP contribution is -2.02. The summed E-state index contributed by atoms with van der Waals surface area (Å²) in [6.07, 6.45) is 5.59. The molecule has 0 spiro atoms. The Morgan fingerprint density at radius 3 is 2.84 bits per heavy atom. The highest BCUT2D eigenvalue weighted by molar-refractivity contribution is 7.99. The zero-order chi connectivity index (χ0) is 22.1. The number of ketones is 1. The first-order chi connectivity index (χ1) is 15.5. The van der Waals surface area contributed by atoms with E-state index in [0.29, 0.717) is 17.1 Å². The quantitative estimate of drug-likeness (QED) is 0.159. The standard InChI is InChI=1S/C23H16N4O4S/c28-21(15-5-10-23-20(11-15)25-19-3-1-2-4-22(19)32-23)9-8-17-6-7-18(31-17)14-26-13-16(12-24-26)27(29)30/h1-13,25H,14H2/b9-8+. The number of furan rings is 1. The van der Waals surface area contributed by atoms with Crippen LogP contribution < -0.4 is 5.32 Å². The first kappa shape index (κ1) is 19.8. The molecule has 0 bridgehead atoms. The van der Waals surface area contributed by atoms with Gasteiger partial charge in [0.2, 0.25) is 0 Å². The topological polar surface area (TPSA) is 103 Å². The Balaban J connectivity index is 1.26. The summed E-state index contributed by atoms with van der Waals surface area (Å²) in [5, 5.41) is 18.1. The first-order valence-corrected chi connectivity index (χ1v) is 10.5. The van der Waals surface area contributed by atoms with Crippen LogP contribution in [0.3, 0.4) is 0 Å². The van der Waals surface area contributed by atoms with Gasteiger partial charge in [0.1, 0.15) is 23.9 Å². The summed E-state index contributed by atoms with van der Waals surface area (Å²) in [7, 11) is 0. The number of hydrogen-bond donors (Lipinski definition) is 1. The molecule has 2 aromatic carbocycles. The van der Waals surface area contributed by atoms with Gasteiger partial charge in [-0.25, -0.2) is 0 Å². The molecule has 3 heterocycles. The highest BCUT2D eigenvalue weighted by Crippen LogP contribution is 2.44.